The third kappa shape index (κ3) is 2.70. The second kappa shape index (κ2) is 4.41. The average Bonchev–Trinajstić information content (AvgIpc) is 2.46. The Morgan fingerprint density at radius 3 is 2.64 bits per heavy atom. The van der Waals surface area contributed by atoms with Crippen LogP contribution in [0.1, 0.15) is 19.6 Å². The van der Waals surface area contributed by atoms with Crippen molar-refractivity contribution in [1.82, 2.24) is 0 Å². The van der Waals surface area contributed by atoms with Gasteiger partial charge in [-0.25, -0.2) is 0 Å². The van der Waals surface area contributed by atoms with E-state index in [4.69, 9.17) is 4.42 Å². The van der Waals surface area contributed by atoms with Crippen molar-refractivity contribution in [1.29, 1.82) is 0 Å². The summed E-state index contributed by atoms with van der Waals surface area (Å²) in [5, 5.41) is 10.6. The molecule has 0 aliphatic heterocycles. The molecular weight excluding hydrogens is 250 g/mol. The van der Waals surface area contributed by atoms with Crippen LogP contribution in [0.15, 0.2) is 26.9 Å². The second-order valence-electron chi connectivity index (χ2n) is 3.12. The molecule has 0 aromatic carbocycles. The van der Waals surface area contributed by atoms with Crippen LogP contribution < -0.4 is 0 Å². The van der Waals surface area contributed by atoms with Gasteiger partial charge in [0.25, 0.3) is 5.70 Å². The normalized spacial score (nSPS) is 12.1. The zero-order valence-electron chi connectivity index (χ0n) is 7.86. The largest absolute Gasteiger partial charge is 0.450 e. The van der Waals surface area contributed by atoms with Gasteiger partial charge in [-0.2, -0.15) is 0 Å². The lowest BCUT2D eigenvalue weighted by molar-refractivity contribution is -0.431. The standard InChI is InChI=1S/C9H10BrNO3/c1-6(2)8(11(12)13)5-7-3-4-9(10)14-7/h3-6H,1-2H3/b8-5-. The molecule has 0 aliphatic carbocycles. The van der Waals surface area contributed by atoms with Gasteiger partial charge in [-0.1, -0.05) is 13.8 Å². The minimum atomic E-state index is -0.388. The van der Waals surface area contributed by atoms with Crippen molar-refractivity contribution < 1.29 is 9.34 Å². The summed E-state index contributed by atoms with van der Waals surface area (Å²) in [5.74, 6) is 0.353. The van der Waals surface area contributed by atoms with Crippen molar-refractivity contribution in [3.8, 4) is 0 Å². The van der Waals surface area contributed by atoms with Gasteiger partial charge >= 0.3 is 0 Å². The first-order valence-corrected chi connectivity index (χ1v) is 4.91. The predicted octanol–water partition coefficient (Wildman–Crippen LogP) is 3.32. The number of hydrogen-bond acceptors (Lipinski definition) is 3. The highest BCUT2D eigenvalue weighted by Crippen LogP contribution is 2.19. The fourth-order valence-corrected chi connectivity index (χ4v) is 1.30. The van der Waals surface area contributed by atoms with Gasteiger partial charge in [0, 0.05) is 5.92 Å². The van der Waals surface area contributed by atoms with Crippen LogP contribution in [0.3, 0.4) is 0 Å². The summed E-state index contributed by atoms with van der Waals surface area (Å²) in [4.78, 5) is 10.2. The molecule has 0 N–H and O–H groups in total. The molecule has 4 nitrogen and oxygen atoms in total. The van der Waals surface area contributed by atoms with Crippen molar-refractivity contribution in [3.05, 3.63) is 38.4 Å². The van der Waals surface area contributed by atoms with Gasteiger partial charge in [-0.3, -0.25) is 10.1 Å². The van der Waals surface area contributed by atoms with Crippen LogP contribution in [-0.4, -0.2) is 4.92 Å². The molecule has 0 bridgehead atoms. The molecule has 0 unspecified atom stereocenters. The van der Waals surface area contributed by atoms with Crippen LogP contribution in [0.25, 0.3) is 6.08 Å². The summed E-state index contributed by atoms with van der Waals surface area (Å²) in [6.45, 7) is 3.54. The van der Waals surface area contributed by atoms with Crippen LogP contribution in [0, 0.1) is 16.0 Å². The molecule has 0 saturated carbocycles. The fourth-order valence-electron chi connectivity index (χ4n) is 0.982. The summed E-state index contributed by atoms with van der Waals surface area (Å²) in [6, 6.07) is 3.37. The van der Waals surface area contributed by atoms with E-state index in [1.165, 1.54) is 6.08 Å². The van der Waals surface area contributed by atoms with Gasteiger partial charge in [-0.15, -0.1) is 0 Å². The van der Waals surface area contributed by atoms with Crippen LogP contribution in [0.4, 0.5) is 0 Å². The Morgan fingerprint density at radius 1 is 1.64 bits per heavy atom. The zero-order chi connectivity index (χ0) is 10.7. The number of nitro groups is 1. The highest BCUT2D eigenvalue weighted by molar-refractivity contribution is 9.10. The van der Waals surface area contributed by atoms with Gasteiger partial charge < -0.3 is 4.42 Å². The van der Waals surface area contributed by atoms with Gasteiger partial charge in [0.05, 0.1) is 11.0 Å². The quantitative estimate of drug-likeness (QED) is 0.618. The maximum absolute atomic E-state index is 10.6. The number of furan rings is 1. The van der Waals surface area contributed by atoms with Gasteiger partial charge in [0.15, 0.2) is 4.67 Å². The molecule has 0 spiro atoms. The number of nitrogens with zero attached hydrogens (tertiary/aromatic N) is 1. The molecule has 5 heteroatoms. The molecule has 14 heavy (non-hydrogen) atoms. The van der Waals surface area contributed by atoms with E-state index in [9.17, 15) is 10.1 Å². The topological polar surface area (TPSA) is 56.3 Å². The maximum Gasteiger partial charge on any atom is 0.252 e. The molecule has 76 valence electrons. The number of halogens is 1. The molecule has 0 atom stereocenters. The Labute approximate surface area is 89.9 Å². The lowest BCUT2D eigenvalue weighted by Crippen LogP contribution is -2.04. The van der Waals surface area contributed by atoms with E-state index in [-0.39, 0.29) is 16.5 Å². The highest BCUT2D eigenvalue weighted by Gasteiger charge is 2.16. The Kier molecular flexibility index (Phi) is 3.46. The van der Waals surface area contributed by atoms with Crippen LogP contribution in [0.2, 0.25) is 0 Å². The molecule has 1 aromatic rings. The lowest BCUT2D eigenvalue weighted by Gasteiger charge is -1.99. The minimum Gasteiger partial charge on any atom is -0.450 e. The number of rotatable bonds is 3. The van der Waals surface area contributed by atoms with Gasteiger partial charge in [0.2, 0.25) is 0 Å². The van der Waals surface area contributed by atoms with Crippen LogP contribution >= 0.6 is 15.9 Å². The molecule has 0 radical (unpaired) electrons. The summed E-state index contributed by atoms with van der Waals surface area (Å²) >= 11 is 3.13. The first kappa shape index (κ1) is 11.0. The molecule has 1 rings (SSSR count). The Balaban J connectivity index is 2.99. The van der Waals surface area contributed by atoms with Gasteiger partial charge in [-0.05, 0) is 28.1 Å². The molecule has 0 amide bonds. The van der Waals surface area contributed by atoms with E-state index in [1.54, 1.807) is 26.0 Å². The van der Waals surface area contributed by atoms with Crippen molar-refractivity contribution in [3.63, 3.8) is 0 Å². The Morgan fingerprint density at radius 2 is 2.29 bits per heavy atom. The smallest absolute Gasteiger partial charge is 0.252 e. The molecular formula is C9H10BrNO3. The molecule has 0 aliphatic rings. The first-order chi connectivity index (χ1) is 6.50. The average molecular weight is 260 g/mol. The number of hydrogen-bond donors (Lipinski definition) is 0. The van der Waals surface area contributed by atoms with E-state index in [0.717, 1.165) is 0 Å². The first-order valence-electron chi connectivity index (χ1n) is 4.12. The summed E-state index contributed by atoms with van der Waals surface area (Å²) in [5.41, 5.74) is 0.145. The minimum absolute atomic E-state index is 0.131. The maximum atomic E-state index is 10.6. The Bertz CT molecular complexity index is 368. The van der Waals surface area contributed by atoms with Crippen molar-refractivity contribution in [2.45, 2.75) is 13.8 Å². The molecule has 0 saturated heterocycles. The van der Waals surface area contributed by atoms with Crippen LogP contribution in [0.5, 0.6) is 0 Å². The zero-order valence-corrected chi connectivity index (χ0v) is 9.45. The van der Waals surface area contributed by atoms with Crippen molar-refractivity contribution in [2.75, 3.05) is 0 Å². The molecule has 0 fully saturated rings. The second-order valence-corrected chi connectivity index (χ2v) is 3.90. The monoisotopic (exact) mass is 259 g/mol. The van der Waals surface area contributed by atoms with Crippen molar-refractivity contribution >= 4 is 22.0 Å². The SMILES string of the molecule is CC(C)/C(=C/c1ccc(Br)o1)[N+](=O)[O-]. The van der Waals surface area contributed by atoms with Crippen LogP contribution in [-0.2, 0) is 0 Å². The van der Waals surface area contributed by atoms with Crippen molar-refractivity contribution in [2.24, 2.45) is 5.92 Å². The van der Waals surface area contributed by atoms with Gasteiger partial charge in [0.1, 0.15) is 5.76 Å². The van der Waals surface area contributed by atoms with E-state index in [2.05, 4.69) is 15.9 Å². The lowest BCUT2D eigenvalue weighted by atomic mass is 10.1. The van der Waals surface area contributed by atoms with E-state index in [0.29, 0.717) is 10.4 Å². The highest BCUT2D eigenvalue weighted by atomic mass is 79.9. The number of allylic oxidation sites excluding steroid dienone is 1. The molecule has 1 aromatic heterocycles. The van der Waals surface area contributed by atoms with E-state index < -0.39 is 0 Å². The van der Waals surface area contributed by atoms with E-state index in [1.807, 2.05) is 0 Å². The predicted molar refractivity (Wildman–Crippen MR) is 56.2 cm³/mol. The fraction of sp³-hybridized carbons (Fsp3) is 0.333. The van der Waals surface area contributed by atoms with E-state index >= 15 is 0 Å². The summed E-state index contributed by atoms with van der Waals surface area (Å²) < 4.78 is 5.72. The Hall–Kier alpha value is -1.10. The third-order valence-electron chi connectivity index (χ3n) is 1.69. The summed E-state index contributed by atoms with van der Waals surface area (Å²) in [6.07, 6.45) is 1.44. The molecule has 1 heterocycles. The summed E-state index contributed by atoms with van der Waals surface area (Å²) in [7, 11) is 0. The third-order valence-corrected chi connectivity index (χ3v) is 2.11.